The van der Waals surface area contributed by atoms with Gasteiger partial charge in [-0.15, -0.1) is 0 Å². The van der Waals surface area contributed by atoms with Gasteiger partial charge in [-0.1, -0.05) is 12.8 Å². The highest BCUT2D eigenvalue weighted by molar-refractivity contribution is 7.89. The topological polar surface area (TPSA) is 110 Å². The lowest BCUT2D eigenvalue weighted by molar-refractivity contribution is -0.384. The Hall–Kier alpha value is -2.46. The fourth-order valence-corrected chi connectivity index (χ4v) is 4.88. The van der Waals surface area contributed by atoms with Gasteiger partial charge >= 0.3 is 0 Å². The van der Waals surface area contributed by atoms with Crippen LogP contribution in [0.2, 0.25) is 0 Å². The largest absolute Gasteiger partial charge is 0.379 e. The molecule has 9 nitrogen and oxygen atoms in total. The van der Waals surface area contributed by atoms with E-state index >= 15 is 0 Å². The molecule has 1 aromatic carbocycles. The Morgan fingerprint density at radius 1 is 1.21 bits per heavy atom. The van der Waals surface area contributed by atoms with Gasteiger partial charge in [0.25, 0.3) is 5.69 Å². The number of nitro benzene ring substituents is 1. The zero-order chi connectivity index (χ0) is 20.1. The van der Waals surface area contributed by atoms with Crippen molar-refractivity contribution in [3.63, 3.8) is 0 Å². The summed E-state index contributed by atoms with van der Waals surface area (Å²) in [6, 6.07) is 4.08. The van der Waals surface area contributed by atoms with E-state index in [9.17, 15) is 18.5 Å². The van der Waals surface area contributed by atoms with Gasteiger partial charge in [-0.3, -0.25) is 14.8 Å². The van der Waals surface area contributed by atoms with Crippen LogP contribution in [-0.4, -0.2) is 47.1 Å². The van der Waals surface area contributed by atoms with Crippen LogP contribution in [0.5, 0.6) is 0 Å². The maximum Gasteiger partial charge on any atom is 0.293 e. The van der Waals surface area contributed by atoms with Gasteiger partial charge in [-0.05, 0) is 37.0 Å². The second-order valence-corrected chi connectivity index (χ2v) is 8.89. The van der Waals surface area contributed by atoms with Crippen molar-refractivity contribution >= 4 is 21.4 Å². The van der Waals surface area contributed by atoms with Gasteiger partial charge in [0, 0.05) is 38.9 Å². The first-order chi connectivity index (χ1) is 13.4. The predicted molar refractivity (Wildman–Crippen MR) is 106 cm³/mol. The molecule has 0 aliphatic carbocycles. The summed E-state index contributed by atoms with van der Waals surface area (Å²) in [7, 11) is -1.90. The molecule has 1 fully saturated rings. The van der Waals surface area contributed by atoms with E-state index in [0.29, 0.717) is 31.7 Å². The van der Waals surface area contributed by atoms with E-state index in [0.717, 1.165) is 37.3 Å². The molecule has 1 aliphatic rings. The first-order valence-corrected chi connectivity index (χ1v) is 10.8. The van der Waals surface area contributed by atoms with Crippen LogP contribution in [0.25, 0.3) is 0 Å². The molecule has 0 radical (unpaired) electrons. The Bertz CT molecular complexity index is 933. The van der Waals surface area contributed by atoms with Crippen LogP contribution in [0.1, 0.15) is 31.2 Å². The molecule has 0 spiro atoms. The Morgan fingerprint density at radius 3 is 2.54 bits per heavy atom. The fraction of sp³-hybridized carbons (Fsp3) is 0.500. The number of benzene rings is 1. The number of hydrogen-bond donors (Lipinski definition) is 1. The fourth-order valence-electron chi connectivity index (χ4n) is 3.35. The van der Waals surface area contributed by atoms with Gasteiger partial charge in [0.1, 0.15) is 5.69 Å². The minimum Gasteiger partial charge on any atom is -0.379 e. The molecule has 0 unspecified atom stereocenters. The first kappa shape index (κ1) is 20.3. The summed E-state index contributed by atoms with van der Waals surface area (Å²) in [5.74, 6) is 0. The summed E-state index contributed by atoms with van der Waals surface area (Å²) >= 11 is 0. The molecule has 1 aliphatic heterocycles. The quantitative estimate of drug-likeness (QED) is 0.558. The highest BCUT2D eigenvalue weighted by atomic mass is 32.2. The van der Waals surface area contributed by atoms with Gasteiger partial charge in [0.05, 0.1) is 16.0 Å². The van der Waals surface area contributed by atoms with Gasteiger partial charge in [0.2, 0.25) is 10.0 Å². The number of nitrogens with one attached hydrogen (secondary N) is 1. The van der Waals surface area contributed by atoms with Crippen molar-refractivity contribution in [1.82, 2.24) is 14.1 Å². The average molecular weight is 407 g/mol. The van der Waals surface area contributed by atoms with E-state index in [4.69, 9.17) is 0 Å². The van der Waals surface area contributed by atoms with Gasteiger partial charge in [0.15, 0.2) is 0 Å². The lowest BCUT2D eigenvalue weighted by Gasteiger charge is -2.20. The van der Waals surface area contributed by atoms with E-state index in [1.54, 1.807) is 10.9 Å². The van der Waals surface area contributed by atoms with E-state index in [1.165, 1.54) is 16.4 Å². The Balaban J connectivity index is 1.77. The molecule has 10 heteroatoms. The average Bonchev–Trinajstić information content (AvgIpc) is 2.90. The molecular formula is C18H25N5O4S. The van der Waals surface area contributed by atoms with Crippen LogP contribution in [0.4, 0.5) is 11.4 Å². The van der Waals surface area contributed by atoms with Crippen LogP contribution < -0.4 is 5.32 Å². The third kappa shape index (κ3) is 4.68. The number of hydrogen-bond acceptors (Lipinski definition) is 6. The molecule has 2 heterocycles. The molecule has 0 saturated carbocycles. The molecule has 3 rings (SSSR count). The molecule has 0 amide bonds. The number of rotatable bonds is 7. The molecule has 1 saturated heterocycles. The van der Waals surface area contributed by atoms with E-state index in [1.807, 2.05) is 13.2 Å². The van der Waals surface area contributed by atoms with Gasteiger partial charge in [-0.25, -0.2) is 8.42 Å². The minimum atomic E-state index is -3.73. The van der Waals surface area contributed by atoms with Gasteiger partial charge < -0.3 is 5.32 Å². The number of aryl methyl sites for hydroxylation is 1. The lowest BCUT2D eigenvalue weighted by atomic mass is 10.2. The van der Waals surface area contributed by atoms with Crippen LogP contribution in [0.3, 0.4) is 0 Å². The van der Waals surface area contributed by atoms with Crippen molar-refractivity contribution in [2.45, 2.75) is 37.0 Å². The second kappa shape index (κ2) is 8.70. The zero-order valence-corrected chi connectivity index (χ0v) is 16.7. The van der Waals surface area contributed by atoms with Crippen LogP contribution in [-0.2, 0) is 23.5 Å². The second-order valence-electron chi connectivity index (χ2n) is 6.95. The van der Waals surface area contributed by atoms with Gasteiger partial charge in [-0.2, -0.15) is 9.40 Å². The maximum atomic E-state index is 12.9. The molecule has 2 aromatic rings. The highest BCUT2D eigenvalue weighted by Crippen LogP contribution is 2.29. The summed E-state index contributed by atoms with van der Waals surface area (Å²) in [6.07, 6.45) is 7.92. The number of sulfonamides is 1. The molecule has 1 N–H and O–H groups in total. The lowest BCUT2D eigenvalue weighted by Crippen LogP contribution is -2.32. The molecular weight excluding hydrogens is 382 g/mol. The third-order valence-corrected chi connectivity index (χ3v) is 6.75. The van der Waals surface area contributed by atoms with Crippen molar-refractivity contribution in [3.8, 4) is 0 Å². The van der Waals surface area contributed by atoms with Crippen LogP contribution in [0, 0.1) is 10.1 Å². The molecule has 28 heavy (non-hydrogen) atoms. The number of nitro groups is 1. The van der Waals surface area contributed by atoms with Crippen molar-refractivity contribution in [2.24, 2.45) is 7.05 Å². The summed E-state index contributed by atoms with van der Waals surface area (Å²) < 4.78 is 28.9. The summed E-state index contributed by atoms with van der Waals surface area (Å²) in [5.41, 5.74) is 1.09. The van der Waals surface area contributed by atoms with E-state index < -0.39 is 14.9 Å². The molecule has 0 atom stereocenters. The van der Waals surface area contributed by atoms with E-state index in [-0.39, 0.29) is 10.6 Å². The molecule has 152 valence electrons. The number of nitrogens with zero attached hydrogens (tertiary/aromatic N) is 4. The third-order valence-electron chi connectivity index (χ3n) is 4.86. The normalized spacial score (nSPS) is 15.9. The summed E-state index contributed by atoms with van der Waals surface area (Å²) in [4.78, 5) is 10.9. The first-order valence-electron chi connectivity index (χ1n) is 9.38. The SMILES string of the molecule is Cn1cc(CCNc2ccc(S(=O)(=O)N3CCCCCC3)cc2[N+](=O)[O-])cn1. The van der Waals surface area contributed by atoms with Crippen LogP contribution >= 0.6 is 0 Å². The Morgan fingerprint density at radius 2 is 1.93 bits per heavy atom. The zero-order valence-electron chi connectivity index (χ0n) is 15.9. The summed E-state index contributed by atoms with van der Waals surface area (Å²) in [5, 5.41) is 18.6. The van der Waals surface area contributed by atoms with Crippen LogP contribution in [0.15, 0.2) is 35.5 Å². The van der Waals surface area contributed by atoms with Crippen molar-refractivity contribution in [1.29, 1.82) is 0 Å². The predicted octanol–water partition coefficient (Wildman–Crippen LogP) is 2.55. The minimum absolute atomic E-state index is 0.0288. The maximum absolute atomic E-state index is 12.9. The monoisotopic (exact) mass is 407 g/mol. The van der Waals surface area contributed by atoms with E-state index in [2.05, 4.69) is 10.4 Å². The molecule has 0 bridgehead atoms. The molecule has 1 aromatic heterocycles. The standard InChI is InChI=1S/C18H25N5O4S/c1-21-14-15(13-20-21)8-9-19-17-7-6-16(12-18(17)23(24)25)28(26,27)22-10-4-2-3-5-11-22/h6-7,12-14,19H,2-5,8-11H2,1H3. The van der Waals surface area contributed by atoms with Crippen molar-refractivity contribution < 1.29 is 13.3 Å². The Labute approximate surface area is 164 Å². The van der Waals surface area contributed by atoms with Crippen molar-refractivity contribution in [3.05, 3.63) is 46.3 Å². The number of anilines is 1. The summed E-state index contributed by atoms with van der Waals surface area (Å²) in [6.45, 7) is 1.40. The van der Waals surface area contributed by atoms with Crippen molar-refractivity contribution in [2.75, 3.05) is 25.0 Å². The Kier molecular flexibility index (Phi) is 6.30. The number of aromatic nitrogens is 2. The smallest absolute Gasteiger partial charge is 0.293 e. The highest BCUT2D eigenvalue weighted by Gasteiger charge is 2.28.